The third-order valence-electron chi connectivity index (χ3n) is 7.69. The minimum atomic E-state index is -1.08. The van der Waals surface area contributed by atoms with Crippen LogP contribution in [-0.2, 0) is 52.1 Å². The molecule has 8 nitrogen and oxygen atoms in total. The van der Waals surface area contributed by atoms with Crippen LogP contribution in [0.3, 0.4) is 0 Å². The van der Waals surface area contributed by atoms with Crippen LogP contribution < -0.4 is 10.2 Å². The van der Waals surface area contributed by atoms with Gasteiger partial charge in [0.1, 0.15) is 11.5 Å². The summed E-state index contributed by atoms with van der Waals surface area (Å²) in [6.07, 6.45) is 10.2. The van der Waals surface area contributed by atoms with Gasteiger partial charge in [-0.2, -0.15) is 0 Å². The van der Waals surface area contributed by atoms with Gasteiger partial charge in [0.25, 0.3) is 0 Å². The summed E-state index contributed by atoms with van der Waals surface area (Å²) in [5.41, 5.74) is 6.63. The van der Waals surface area contributed by atoms with Crippen molar-refractivity contribution < 1.29 is 46.8 Å². The van der Waals surface area contributed by atoms with Crippen molar-refractivity contribution in [3.8, 4) is 11.5 Å². The predicted molar refractivity (Wildman–Crippen MR) is 207 cm³/mol. The summed E-state index contributed by atoms with van der Waals surface area (Å²) in [7, 11) is 0. The van der Waals surface area contributed by atoms with Gasteiger partial charge < -0.3 is 30.0 Å². The number of carbonyl (C=O) groups excluding carboxylic acids is 2. The zero-order chi connectivity index (χ0) is 39.5. The molecule has 293 valence electrons. The minimum Gasteiger partial charge on any atom is -0.550 e. The van der Waals surface area contributed by atoms with Gasteiger partial charge in [-0.1, -0.05) is 95.2 Å². The number of phenolic OH excluding ortho intramolecular Hbond substituents is 2. The fourth-order valence-electron chi connectivity index (χ4n) is 6.19. The van der Waals surface area contributed by atoms with Crippen LogP contribution >= 0.6 is 0 Å². The van der Waals surface area contributed by atoms with Crippen molar-refractivity contribution in [2.75, 3.05) is 0 Å². The van der Waals surface area contributed by atoms with Gasteiger partial charge in [-0.05, 0) is 115 Å². The average molecular weight is 766 g/mol. The van der Waals surface area contributed by atoms with Crippen LogP contribution in [0.15, 0.2) is 34.3 Å². The Bertz CT molecular complexity index is 1400. The van der Waals surface area contributed by atoms with Gasteiger partial charge in [-0.25, -0.2) is 0 Å². The van der Waals surface area contributed by atoms with Gasteiger partial charge in [0.05, 0.1) is 12.1 Å². The van der Waals surface area contributed by atoms with E-state index in [0.717, 1.165) is 81.0 Å². The fraction of sp³-hybridized carbons (Fsp3) is 0.628. The van der Waals surface area contributed by atoms with E-state index in [2.05, 4.69) is 107 Å². The third-order valence-corrected chi connectivity index (χ3v) is 7.69. The Morgan fingerprint density at radius 1 is 0.615 bits per heavy atom. The number of hydrogen-bond acceptors (Lipinski definition) is 8. The monoisotopic (exact) mass is 765 g/mol. The average Bonchev–Trinajstić information content (AvgIpc) is 3.34. The molecule has 52 heavy (non-hydrogen) atoms. The van der Waals surface area contributed by atoms with Crippen LogP contribution in [0.4, 0.5) is 0 Å². The van der Waals surface area contributed by atoms with Gasteiger partial charge in [0, 0.05) is 35.5 Å². The zero-order valence-electron chi connectivity index (χ0n) is 34.3. The van der Waals surface area contributed by atoms with Crippen LogP contribution in [0.1, 0.15) is 150 Å². The predicted octanol–water partition coefficient (Wildman–Crippen LogP) is 7.42. The largest absolute Gasteiger partial charge is 2.00 e. The normalized spacial score (nSPS) is 16.5. The molecule has 0 bridgehead atoms. The number of aliphatic imine (C=N–C) groups is 2. The van der Waals surface area contributed by atoms with E-state index in [1.165, 1.54) is 11.1 Å². The molecule has 1 saturated carbocycles. The molecule has 2 aromatic carbocycles. The van der Waals surface area contributed by atoms with Crippen LogP contribution in [0, 0.1) is 21.7 Å². The Balaban J connectivity index is 0.00000261. The van der Waals surface area contributed by atoms with E-state index in [4.69, 9.17) is 29.8 Å². The summed E-state index contributed by atoms with van der Waals surface area (Å²) in [6, 6.07) is 8.95. The van der Waals surface area contributed by atoms with Crippen molar-refractivity contribution in [1.82, 2.24) is 0 Å². The molecule has 1 radical (unpaired) electrons. The van der Waals surface area contributed by atoms with Crippen LogP contribution in [0.5, 0.6) is 11.5 Å². The number of aromatic hydroxyl groups is 2. The molecule has 3 rings (SSSR count). The molecule has 0 aliphatic heterocycles. The molecule has 0 saturated heterocycles. The Labute approximate surface area is 324 Å². The van der Waals surface area contributed by atoms with Gasteiger partial charge in [-0.3, -0.25) is 9.98 Å². The smallest absolute Gasteiger partial charge is 0.550 e. The summed E-state index contributed by atoms with van der Waals surface area (Å²) >= 11 is 0. The Kier molecular flexibility index (Phi) is 19.1. The second-order valence-corrected chi connectivity index (χ2v) is 19.0. The standard InChI is InChI=1S/C39H60N2O2.2C2H4O2.Co/c1-36(2,3)20-26-15-28(22-38(7,8)9)34(42)30(17-26)24-40-32-13-14-33(19-32)41-25-31-18-27(21-37(4,5)6)16-29(35(31)43)23-39(10,11)12;2*1-2(3)4;/h15-18,24-25,32-33,42-43H,13-14,19-23H2,1-12H3;2*1H3,(H,3,4);/q;;;+2/p-2. The quantitative estimate of drug-likeness (QED) is 0.268. The first kappa shape index (κ1) is 48.8. The summed E-state index contributed by atoms with van der Waals surface area (Å²) in [5.74, 6) is -1.44. The molecular weight excluding hydrogens is 699 g/mol. The van der Waals surface area contributed by atoms with Gasteiger partial charge in [-0.15, -0.1) is 0 Å². The van der Waals surface area contributed by atoms with Crippen molar-refractivity contribution in [2.24, 2.45) is 31.6 Å². The summed E-state index contributed by atoms with van der Waals surface area (Å²) in [5, 5.41) is 40.1. The van der Waals surface area contributed by atoms with E-state index in [1.807, 2.05) is 12.4 Å². The van der Waals surface area contributed by atoms with E-state index in [0.29, 0.717) is 11.5 Å². The van der Waals surface area contributed by atoms with Crippen LogP contribution in [0.2, 0.25) is 0 Å². The summed E-state index contributed by atoms with van der Waals surface area (Å²) in [4.78, 5) is 27.7. The van der Waals surface area contributed by atoms with Gasteiger partial charge in [0.15, 0.2) is 0 Å². The summed E-state index contributed by atoms with van der Waals surface area (Å²) < 4.78 is 0. The number of carbonyl (C=O) groups is 2. The van der Waals surface area contributed by atoms with Crippen molar-refractivity contribution in [3.63, 3.8) is 0 Å². The SMILES string of the molecule is CC(=O)[O-].CC(=O)[O-].CC(C)(C)Cc1cc(C=NC2CCC(N=Cc3cc(CC(C)(C)C)cc(CC(C)(C)C)c3O)C2)c(O)c(CC(C)(C)C)c1.[Co+2]. The van der Waals surface area contributed by atoms with Gasteiger partial charge >= 0.3 is 16.8 Å². The minimum absolute atomic E-state index is 0. The molecule has 9 heteroatoms. The summed E-state index contributed by atoms with van der Waals surface area (Å²) in [6.45, 7) is 28.7. The number of aliphatic carboxylic acids is 2. The fourth-order valence-corrected chi connectivity index (χ4v) is 6.19. The van der Waals surface area contributed by atoms with Crippen molar-refractivity contribution >= 4 is 24.4 Å². The van der Waals surface area contributed by atoms with E-state index in [-0.39, 0.29) is 50.5 Å². The maximum Gasteiger partial charge on any atom is 2.00 e. The number of nitrogens with zero attached hydrogens (tertiary/aromatic N) is 2. The molecule has 0 aromatic heterocycles. The third kappa shape index (κ3) is 21.4. The first-order chi connectivity index (χ1) is 23.0. The molecule has 2 aromatic rings. The number of phenols is 2. The maximum atomic E-state index is 11.2. The molecule has 2 unspecified atom stereocenters. The molecule has 0 spiro atoms. The number of rotatable bonds is 8. The number of hydrogen-bond donors (Lipinski definition) is 2. The second kappa shape index (κ2) is 20.3. The molecule has 2 atom stereocenters. The molecule has 0 amide bonds. The number of carboxylic acid groups (broad SMARTS) is 2. The molecule has 1 aliphatic rings. The Morgan fingerprint density at radius 3 is 1.13 bits per heavy atom. The van der Waals surface area contributed by atoms with E-state index >= 15 is 0 Å². The Morgan fingerprint density at radius 2 is 0.885 bits per heavy atom. The second-order valence-electron chi connectivity index (χ2n) is 19.0. The van der Waals surface area contributed by atoms with E-state index in [1.54, 1.807) is 0 Å². The molecule has 0 heterocycles. The van der Waals surface area contributed by atoms with E-state index < -0.39 is 11.9 Å². The molecular formula is C43H66CoN2O6. The number of benzene rings is 2. The Hall–Kier alpha value is -3.17. The van der Waals surface area contributed by atoms with Crippen LogP contribution in [0.25, 0.3) is 0 Å². The molecule has 2 N–H and O–H groups in total. The van der Waals surface area contributed by atoms with Gasteiger partial charge in [0.2, 0.25) is 0 Å². The number of carboxylic acids is 2. The molecule has 1 aliphatic carbocycles. The first-order valence-electron chi connectivity index (χ1n) is 18.1. The van der Waals surface area contributed by atoms with E-state index in [9.17, 15) is 10.2 Å². The van der Waals surface area contributed by atoms with Crippen molar-refractivity contribution in [2.45, 2.75) is 154 Å². The zero-order valence-corrected chi connectivity index (χ0v) is 35.4. The van der Waals surface area contributed by atoms with Crippen LogP contribution in [-0.4, -0.2) is 46.7 Å². The maximum absolute atomic E-state index is 11.2. The van der Waals surface area contributed by atoms with Crippen molar-refractivity contribution in [1.29, 1.82) is 0 Å². The molecule has 1 fully saturated rings. The topological polar surface area (TPSA) is 145 Å². The first-order valence-corrected chi connectivity index (χ1v) is 18.1. The van der Waals surface area contributed by atoms with Crippen molar-refractivity contribution in [3.05, 3.63) is 57.6 Å².